The highest BCUT2D eigenvalue weighted by Crippen LogP contribution is 2.29. The number of ether oxygens (including phenoxy) is 1. The van der Waals surface area contributed by atoms with Crippen molar-refractivity contribution < 1.29 is 9.53 Å². The van der Waals surface area contributed by atoms with Crippen LogP contribution in [0.4, 0.5) is 5.82 Å². The van der Waals surface area contributed by atoms with E-state index in [0.29, 0.717) is 26.2 Å². The standard InChI is InChI=1S/C26H25N5O2S/c1-18-24(34-25(27-18)20-6-4-3-5-7-20)26(32)31-16-14-30(15-17-31)23-13-12-22(28-29-23)19-8-10-21(33-2)11-9-19/h3-13H,14-17H2,1-2H3. The van der Waals surface area contributed by atoms with E-state index in [1.807, 2.05) is 78.6 Å². The number of rotatable bonds is 5. The number of aromatic nitrogens is 3. The average molecular weight is 472 g/mol. The summed E-state index contributed by atoms with van der Waals surface area (Å²) in [5.74, 6) is 1.69. The topological polar surface area (TPSA) is 71.5 Å². The third-order valence-electron chi connectivity index (χ3n) is 5.94. The Balaban J connectivity index is 1.22. The summed E-state index contributed by atoms with van der Waals surface area (Å²) in [6.45, 7) is 4.61. The van der Waals surface area contributed by atoms with E-state index in [9.17, 15) is 4.79 Å². The second kappa shape index (κ2) is 9.61. The van der Waals surface area contributed by atoms with Gasteiger partial charge in [0.1, 0.15) is 15.6 Å². The fraction of sp³-hybridized carbons (Fsp3) is 0.231. The fourth-order valence-electron chi connectivity index (χ4n) is 3.99. The van der Waals surface area contributed by atoms with E-state index < -0.39 is 0 Å². The molecule has 5 rings (SSSR count). The van der Waals surface area contributed by atoms with E-state index in [1.54, 1.807) is 7.11 Å². The molecule has 8 heteroatoms. The Hall–Kier alpha value is -3.78. The Labute approximate surface area is 202 Å². The van der Waals surface area contributed by atoms with Crippen LogP contribution >= 0.6 is 11.3 Å². The van der Waals surface area contributed by atoms with Crippen molar-refractivity contribution in [3.8, 4) is 27.6 Å². The summed E-state index contributed by atoms with van der Waals surface area (Å²) in [4.78, 5) is 22.6. The molecule has 0 unspecified atom stereocenters. The van der Waals surface area contributed by atoms with Crippen LogP contribution in [0.25, 0.3) is 21.8 Å². The summed E-state index contributed by atoms with van der Waals surface area (Å²) in [7, 11) is 1.65. The molecule has 2 aromatic heterocycles. The SMILES string of the molecule is COc1ccc(-c2ccc(N3CCN(C(=O)c4sc(-c5ccccc5)nc4C)CC3)nn2)cc1. The Morgan fingerprint density at radius 1 is 0.882 bits per heavy atom. The molecule has 0 saturated carbocycles. The summed E-state index contributed by atoms with van der Waals surface area (Å²) < 4.78 is 5.21. The van der Waals surface area contributed by atoms with Crippen molar-refractivity contribution in [2.24, 2.45) is 0 Å². The second-order valence-corrected chi connectivity index (χ2v) is 9.08. The normalized spacial score (nSPS) is 13.7. The van der Waals surface area contributed by atoms with Gasteiger partial charge in [0.15, 0.2) is 5.82 Å². The predicted octanol–water partition coefficient (Wildman–Crippen LogP) is 4.55. The third-order valence-corrected chi connectivity index (χ3v) is 7.13. The lowest BCUT2D eigenvalue weighted by Gasteiger charge is -2.35. The molecule has 0 spiro atoms. The van der Waals surface area contributed by atoms with Crippen molar-refractivity contribution >= 4 is 23.1 Å². The van der Waals surface area contributed by atoms with Gasteiger partial charge in [-0.25, -0.2) is 4.98 Å². The predicted molar refractivity (Wildman–Crippen MR) is 134 cm³/mol. The van der Waals surface area contributed by atoms with Crippen LogP contribution in [0.15, 0.2) is 66.7 Å². The van der Waals surface area contributed by atoms with Crippen molar-refractivity contribution in [2.45, 2.75) is 6.92 Å². The Bertz CT molecular complexity index is 1270. The van der Waals surface area contributed by atoms with Crippen LogP contribution in [0.2, 0.25) is 0 Å². The molecule has 3 heterocycles. The molecule has 7 nitrogen and oxygen atoms in total. The number of aryl methyl sites for hydroxylation is 1. The number of carbonyl (C=O) groups excluding carboxylic acids is 1. The number of nitrogens with zero attached hydrogens (tertiary/aromatic N) is 5. The molecule has 1 saturated heterocycles. The van der Waals surface area contributed by atoms with E-state index in [1.165, 1.54) is 11.3 Å². The summed E-state index contributed by atoms with van der Waals surface area (Å²) >= 11 is 1.47. The molecule has 0 radical (unpaired) electrons. The largest absolute Gasteiger partial charge is 0.497 e. The number of methoxy groups -OCH3 is 1. The van der Waals surface area contributed by atoms with Crippen molar-refractivity contribution in [1.82, 2.24) is 20.1 Å². The van der Waals surface area contributed by atoms with Gasteiger partial charge >= 0.3 is 0 Å². The molecular formula is C26H25N5O2S. The highest BCUT2D eigenvalue weighted by atomic mass is 32.1. The van der Waals surface area contributed by atoms with Crippen LogP contribution in [0.5, 0.6) is 5.75 Å². The maximum Gasteiger partial charge on any atom is 0.265 e. The van der Waals surface area contributed by atoms with Crippen molar-refractivity contribution in [3.63, 3.8) is 0 Å². The number of piperazine rings is 1. The Kier molecular flexibility index (Phi) is 6.22. The highest BCUT2D eigenvalue weighted by Gasteiger charge is 2.26. The fourth-order valence-corrected chi connectivity index (χ4v) is 5.03. The second-order valence-electron chi connectivity index (χ2n) is 8.08. The zero-order valence-electron chi connectivity index (χ0n) is 19.1. The van der Waals surface area contributed by atoms with Crippen LogP contribution in [0.3, 0.4) is 0 Å². The number of anilines is 1. The van der Waals surface area contributed by atoms with E-state index in [0.717, 1.165) is 44.0 Å². The number of carbonyl (C=O) groups is 1. The number of thiazole rings is 1. The van der Waals surface area contributed by atoms with E-state index in [-0.39, 0.29) is 5.91 Å². The van der Waals surface area contributed by atoms with Gasteiger partial charge in [0, 0.05) is 37.3 Å². The first kappa shape index (κ1) is 22.0. The number of amides is 1. The molecule has 0 N–H and O–H groups in total. The van der Waals surface area contributed by atoms with Gasteiger partial charge in [-0.3, -0.25) is 4.79 Å². The Morgan fingerprint density at radius 2 is 1.62 bits per heavy atom. The molecule has 172 valence electrons. The van der Waals surface area contributed by atoms with Gasteiger partial charge < -0.3 is 14.5 Å². The first-order valence-corrected chi connectivity index (χ1v) is 12.0. The smallest absolute Gasteiger partial charge is 0.265 e. The monoisotopic (exact) mass is 471 g/mol. The molecular weight excluding hydrogens is 446 g/mol. The van der Waals surface area contributed by atoms with Crippen LogP contribution in [0, 0.1) is 6.92 Å². The molecule has 0 atom stereocenters. The van der Waals surface area contributed by atoms with Crippen molar-refractivity contribution in [2.75, 3.05) is 38.2 Å². The molecule has 1 fully saturated rings. The molecule has 0 bridgehead atoms. The van der Waals surface area contributed by atoms with Gasteiger partial charge in [-0.2, -0.15) is 0 Å². The summed E-state index contributed by atoms with van der Waals surface area (Å²) in [5, 5.41) is 9.72. The molecule has 1 amide bonds. The molecule has 34 heavy (non-hydrogen) atoms. The molecule has 4 aromatic rings. The molecule has 2 aromatic carbocycles. The van der Waals surface area contributed by atoms with Crippen LogP contribution in [0.1, 0.15) is 15.4 Å². The minimum atomic E-state index is 0.0535. The zero-order valence-corrected chi connectivity index (χ0v) is 20.0. The zero-order chi connectivity index (χ0) is 23.5. The average Bonchev–Trinajstić information content (AvgIpc) is 3.30. The quantitative estimate of drug-likeness (QED) is 0.425. The Morgan fingerprint density at radius 3 is 2.26 bits per heavy atom. The van der Waals surface area contributed by atoms with Gasteiger partial charge in [0.2, 0.25) is 0 Å². The van der Waals surface area contributed by atoms with E-state index in [4.69, 9.17) is 4.74 Å². The van der Waals surface area contributed by atoms with E-state index >= 15 is 0 Å². The maximum atomic E-state index is 13.2. The number of hydrogen-bond acceptors (Lipinski definition) is 7. The van der Waals surface area contributed by atoms with Gasteiger partial charge in [0.25, 0.3) is 5.91 Å². The van der Waals surface area contributed by atoms with E-state index in [2.05, 4.69) is 20.1 Å². The van der Waals surface area contributed by atoms with Gasteiger partial charge in [0.05, 0.1) is 18.5 Å². The van der Waals surface area contributed by atoms with Gasteiger partial charge in [-0.15, -0.1) is 21.5 Å². The summed E-state index contributed by atoms with van der Waals surface area (Å²) in [6.07, 6.45) is 0. The van der Waals surface area contributed by atoms with Crippen LogP contribution < -0.4 is 9.64 Å². The number of benzene rings is 2. The van der Waals surface area contributed by atoms with Gasteiger partial charge in [-0.05, 0) is 43.3 Å². The summed E-state index contributed by atoms with van der Waals surface area (Å²) in [5.41, 5.74) is 3.63. The number of hydrogen-bond donors (Lipinski definition) is 0. The maximum absolute atomic E-state index is 13.2. The lowest BCUT2D eigenvalue weighted by atomic mass is 10.1. The van der Waals surface area contributed by atoms with Crippen molar-refractivity contribution in [3.05, 3.63) is 77.3 Å². The highest BCUT2D eigenvalue weighted by molar-refractivity contribution is 7.17. The molecule has 1 aliphatic rings. The van der Waals surface area contributed by atoms with Crippen LogP contribution in [-0.2, 0) is 0 Å². The lowest BCUT2D eigenvalue weighted by molar-refractivity contribution is 0.0750. The minimum absolute atomic E-state index is 0.0535. The summed E-state index contributed by atoms with van der Waals surface area (Å²) in [6, 6.07) is 21.7. The lowest BCUT2D eigenvalue weighted by Crippen LogP contribution is -2.49. The van der Waals surface area contributed by atoms with Crippen LogP contribution in [-0.4, -0.2) is 59.3 Å². The van der Waals surface area contributed by atoms with Crippen molar-refractivity contribution in [1.29, 1.82) is 0 Å². The minimum Gasteiger partial charge on any atom is -0.497 e. The van der Waals surface area contributed by atoms with Gasteiger partial charge in [-0.1, -0.05) is 30.3 Å². The molecule has 1 aliphatic heterocycles. The first-order chi connectivity index (χ1) is 16.6. The third kappa shape index (κ3) is 4.49. The molecule has 0 aliphatic carbocycles. The first-order valence-electron chi connectivity index (χ1n) is 11.2.